The zero-order valence-electron chi connectivity index (χ0n) is 20.6. The van der Waals surface area contributed by atoms with Crippen LogP contribution in [0, 0.1) is 0 Å². The van der Waals surface area contributed by atoms with Crippen LogP contribution in [0.2, 0.25) is 5.02 Å². The van der Waals surface area contributed by atoms with Crippen LogP contribution in [-0.4, -0.2) is 40.2 Å². The Morgan fingerprint density at radius 1 is 1.19 bits per heavy atom. The number of ether oxygens (including phenoxy) is 1. The summed E-state index contributed by atoms with van der Waals surface area (Å²) in [6, 6.07) is 11.5. The van der Waals surface area contributed by atoms with Crippen molar-refractivity contribution < 1.29 is 14.6 Å². The minimum absolute atomic E-state index is 0.0355. The third-order valence-corrected chi connectivity index (χ3v) is 7.30. The van der Waals surface area contributed by atoms with Crippen molar-refractivity contribution in [2.24, 2.45) is 4.99 Å². The molecule has 2 heterocycles. The lowest BCUT2D eigenvalue weighted by Crippen LogP contribution is -2.43. The molecule has 1 aliphatic rings. The van der Waals surface area contributed by atoms with E-state index >= 15 is 0 Å². The van der Waals surface area contributed by atoms with Crippen molar-refractivity contribution in [2.75, 3.05) is 19.7 Å². The maximum Gasteiger partial charge on any atom is 0.271 e. The Kier molecular flexibility index (Phi) is 7.66. The molecule has 1 aliphatic heterocycles. The number of likely N-dealkylation sites (N-methyl/N-ethyl adjacent to an activating group) is 1. The molecule has 1 amide bonds. The number of carbonyl (C=O) groups excluding carboxylic acids is 1. The van der Waals surface area contributed by atoms with Crippen LogP contribution in [-0.2, 0) is 4.79 Å². The molecule has 188 valence electrons. The summed E-state index contributed by atoms with van der Waals surface area (Å²) in [5.41, 5.74) is 2.30. The highest BCUT2D eigenvalue weighted by atomic mass is 35.5. The van der Waals surface area contributed by atoms with Gasteiger partial charge in [0.25, 0.3) is 11.5 Å². The van der Waals surface area contributed by atoms with Gasteiger partial charge in [-0.15, -0.1) is 0 Å². The number of carbonyl (C=O) groups is 1. The largest absolute Gasteiger partial charge is 0.504 e. The summed E-state index contributed by atoms with van der Waals surface area (Å²) in [5, 5.41) is 10.6. The van der Waals surface area contributed by atoms with Gasteiger partial charge in [-0.05, 0) is 69.2 Å². The number of halogens is 1. The lowest BCUT2D eigenvalue weighted by molar-refractivity contribution is -0.127. The second-order valence-corrected chi connectivity index (χ2v) is 9.72. The Balaban J connectivity index is 1.93. The molecule has 7 nitrogen and oxygen atoms in total. The van der Waals surface area contributed by atoms with E-state index in [0.29, 0.717) is 56.6 Å². The normalized spacial score (nSPS) is 15.5. The van der Waals surface area contributed by atoms with Crippen molar-refractivity contribution >= 4 is 34.9 Å². The molecule has 0 saturated carbocycles. The number of phenols is 1. The van der Waals surface area contributed by atoms with E-state index in [9.17, 15) is 14.7 Å². The average Bonchev–Trinajstić information content (AvgIpc) is 3.16. The SMILES string of the molecule is CCOc1cc(/C=c2/sc3n(c2=O)[C@@H](c2ccc(Cl)cc2)C(C(=O)N(CC)CC)=C(C)N=3)ccc1O. The highest BCUT2D eigenvalue weighted by Gasteiger charge is 2.34. The molecule has 0 aliphatic carbocycles. The van der Waals surface area contributed by atoms with Gasteiger partial charge in [0.05, 0.1) is 28.5 Å². The van der Waals surface area contributed by atoms with Gasteiger partial charge in [-0.2, -0.15) is 0 Å². The quantitative estimate of drug-likeness (QED) is 0.507. The smallest absolute Gasteiger partial charge is 0.271 e. The first kappa shape index (κ1) is 25.7. The van der Waals surface area contributed by atoms with Crippen molar-refractivity contribution in [3.8, 4) is 11.5 Å². The predicted octanol–water partition coefficient (Wildman–Crippen LogP) is 3.86. The monoisotopic (exact) mass is 525 g/mol. The second kappa shape index (κ2) is 10.7. The summed E-state index contributed by atoms with van der Waals surface area (Å²) in [5.74, 6) is 0.241. The van der Waals surface area contributed by atoms with Gasteiger partial charge in [-0.3, -0.25) is 14.2 Å². The average molecular weight is 526 g/mol. The van der Waals surface area contributed by atoms with Crippen LogP contribution < -0.4 is 19.6 Å². The Bertz CT molecular complexity index is 1500. The van der Waals surface area contributed by atoms with Crippen LogP contribution in [0.1, 0.15) is 44.9 Å². The van der Waals surface area contributed by atoms with Crippen molar-refractivity contribution in [1.29, 1.82) is 0 Å². The van der Waals surface area contributed by atoms with E-state index in [4.69, 9.17) is 16.3 Å². The van der Waals surface area contributed by atoms with E-state index in [-0.39, 0.29) is 17.2 Å². The number of allylic oxidation sites excluding steroid dienone is 1. The molecule has 0 unspecified atom stereocenters. The molecule has 1 aromatic heterocycles. The number of nitrogens with zero attached hydrogens (tertiary/aromatic N) is 3. The number of fused-ring (bicyclic) bond motifs is 1. The fraction of sp³-hybridized carbons (Fsp3) is 0.296. The van der Waals surface area contributed by atoms with Gasteiger partial charge in [0.1, 0.15) is 0 Å². The third kappa shape index (κ3) is 4.83. The topological polar surface area (TPSA) is 84.1 Å². The lowest BCUT2D eigenvalue weighted by Gasteiger charge is -2.29. The standard InChI is InChI=1S/C27H28ClN3O4S/c1-5-30(6-2)26(34)23-16(4)29-27-31(24(23)18-9-11-19(28)12-10-18)25(33)22(36-27)15-17-8-13-20(32)21(14-17)35-7-3/h8-15,24,32H,5-7H2,1-4H3/b22-15+/t24-/m0/s1. The van der Waals surface area contributed by atoms with Crippen molar-refractivity contribution in [3.63, 3.8) is 0 Å². The summed E-state index contributed by atoms with van der Waals surface area (Å²) in [6.07, 6.45) is 1.75. The maximum atomic E-state index is 13.8. The van der Waals surface area contributed by atoms with E-state index < -0.39 is 6.04 Å². The molecule has 0 fully saturated rings. The molecule has 36 heavy (non-hydrogen) atoms. The number of aromatic hydroxyl groups is 1. The number of benzene rings is 2. The number of aromatic nitrogens is 1. The molecule has 2 aromatic carbocycles. The first-order valence-corrected chi connectivity index (χ1v) is 13.0. The molecular formula is C27H28ClN3O4S. The number of hydrogen-bond acceptors (Lipinski definition) is 6. The molecule has 4 rings (SSSR count). The van der Waals surface area contributed by atoms with Gasteiger partial charge in [-0.1, -0.05) is 41.1 Å². The number of hydrogen-bond donors (Lipinski definition) is 1. The Hall–Kier alpha value is -3.36. The molecule has 3 aromatic rings. The van der Waals surface area contributed by atoms with Crippen LogP contribution in [0.15, 0.2) is 63.5 Å². The second-order valence-electron chi connectivity index (χ2n) is 8.27. The van der Waals surface area contributed by atoms with Gasteiger partial charge in [0, 0.05) is 18.1 Å². The van der Waals surface area contributed by atoms with E-state index in [1.807, 2.05) is 39.8 Å². The van der Waals surface area contributed by atoms with Gasteiger partial charge in [0.2, 0.25) is 0 Å². The molecule has 1 N–H and O–H groups in total. The van der Waals surface area contributed by atoms with Crippen molar-refractivity contribution in [3.05, 3.63) is 89.6 Å². The minimum Gasteiger partial charge on any atom is -0.504 e. The summed E-state index contributed by atoms with van der Waals surface area (Å²) in [6.45, 7) is 9.00. The molecular weight excluding hydrogens is 498 g/mol. The van der Waals surface area contributed by atoms with E-state index in [2.05, 4.69) is 4.99 Å². The molecule has 0 saturated heterocycles. The molecule has 9 heteroatoms. The summed E-state index contributed by atoms with van der Waals surface area (Å²) < 4.78 is 7.53. The molecule has 0 radical (unpaired) electrons. The fourth-order valence-corrected chi connectivity index (χ4v) is 5.45. The first-order valence-electron chi connectivity index (χ1n) is 11.8. The highest BCUT2D eigenvalue weighted by molar-refractivity contribution is 7.07. The maximum absolute atomic E-state index is 13.8. The van der Waals surface area contributed by atoms with E-state index in [0.717, 1.165) is 5.56 Å². The summed E-state index contributed by atoms with van der Waals surface area (Å²) in [7, 11) is 0. The van der Waals surface area contributed by atoms with E-state index in [1.54, 1.807) is 39.8 Å². The van der Waals surface area contributed by atoms with Crippen LogP contribution in [0.25, 0.3) is 6.08 Å². The van der Waals surface area contributed by atoms with Crippen LogP contribution >= 0.6 is 22.9 Å². The van der Waals surface area contributed by atoms with Gasteiger partial charge in [-0.25, -0.2) is 4.99 Å². The highest BCUT2D eigenvalue weighted by Crippen LogP contribution is 2.32. The first-order chi connectivity index (χ1) is 17.3. The van der Waals surface area contributed by atoms with Gasteiger partial charge < -0.3 is 14.7 Å². The van der Waals surface area contributed by atoms with Crippen molar-refractivity contribution in [1.82, 2.24) is 9.47 Å². The van der Waals surface area contributed by atoms with Crippen LogP contribution in [0.5, 0.6) is 11.5 Å². The molecule has 1 atom stereocenters. The zero-order valence-corrected chi connectivity index (χ0v) is 22.2. The molecule has 0 bridgehead atoms. The van der Waals surface area contributed by atoms with Gasteiger partial charge in [0.15, 0.2) is 16.3 Å². The lowest BCUT2D eigenvalue weighted by atomic mass is 9.94. The van der Waals surface area contributed by atoms with Gasteiger partial charge >= 0.3 is 0 Å². The Morgan fingerprint density at radius 2 is 1.89 bits per heavy atom. The number of phenolic OH excluding ortho intramolecular Hbond substituents is 1. The Labute approximate surface area is 218 Å². The predicted molar refractivity (Wildman–Crippen MR) is 142 cm³/mol. The fourth-order valence-electron chi connectivity index (χ4n) is 4.28. The minimum atomic E-state index is -0.632. The van der Waals surface area contributed by atoms with E-state index in [1.165, 1.54) is 17.4 Å². The number of rotatable bonds is 7. The third-order valence-electron chi connectivity index (χ3n) is 6.07. The van der Waals surface area contributed by atoms with Crippen LogP contribution in [0.3, 0.4) is 0 Å². The van der Waals surface area contributed by atoms with Crippen molar-refractivity contribution in [2.45, 2.75) is 33.7 Å². The zero-order chi connectivity index (χ0) is 26.0. The number of thiazole rings is 1. The van der Waals surface area contributed by atoms with Crippen LogP contribution in [0.4, 0.5) is 0 Å². The molecule has 0 spiro atoms. The summed E-state index contributed by atoms with van der Waals surface area (Å²) >= 11 is 7.40. The number of amides is 1. The Morgan fingerprint density at radius 3 is 2.53 bits per heavy atom. The summed E-state index contributed by atoms with van der Waals surface area (Å²) in [4.78, 5) is 34.3.